The first-order valence-corrected chi connectivity index (χ1v) is 6.92. The average Bonchev–Trinajstić information content (AvgIpc) is 3.10. The molecule has 2 aliphatic heterocycles. The van der Waals surface area contributed by atoms with Crippen LogP contribution in [0.5, 0.6) is 0 Å². The number of anilines is 1. The van der Waals surface area contributed by atoms with E-state index in [-0.39, 0.29) is 11.9 Å². The van der Waals surface area contributed by atoms with E-state index >= 15 is 0 Å². The van der Waals surface area contributed by atoms with Gasteiger partial charge in [0.15, 0.2) is 11.5 Å². The van der Waals surface area contributed by atoms with Crippen molar-refractivity contribution in [3.05, 3.63) is 12.0 Å². The Balaban J connectivity index is 1.85. The largest absolute Gasteiger partial charge is 0.346 e. The van der Waals surface area contributed by atoms with Gasteiger partial charge in [-0.05, 0) is 19.3 Å². The van der Waals surface area contributed by atoms with Crippen LogP contribution in [0.2, 0.25) is 0 Å². The molecule has 1 aromatic heterocycles. The fraction of sp³-hybridized carbons (Fsp3) is 0.583. The molecule has 108 valence electrons. The first kappa shape index (κ1) is 12.9. The SMILES string of the molecule is CCCN1NNc2c(C(=O)N3CCCC3)ncn2C1=O. The molecule has 0 bridgehead atoms. The number of nitrogens with zero attached hydrogens (tertiary/aromatic N) is 4. The van der Waals surface area contributed by atoms with E-state index in [1.807, 2.05) is 6.92 Å². The molecular weight excluding hydrogens is 260 g/mol. The molecule has 0 atom stereocenters. The summed E-state index contributed by atoms with van der Waals surface area (Å²) in [7, 11) is 0. The van der Waals surface area contributed by atoms with Crippen LogP contribution in [0.4, 0.5) is 10.6 Å². The highest BCUT2D eigenvalue weighted by atomic mass is 16.2. The lowest BCUT2D eigenvalue weighted by Gasteiger charge is -2.29. The Bertz CT molecular complexity index is 534. The molecular formula is C12H18N6O2. The summed E-state index contributed by atoms with van der Waals surface area (Å²) in [5.74, 6) is 0.293. The number of rotatable bonds is 3. The van der Waals surface area contributed by atoms with Crippen molar-refractivity contribution >= 4 is 17.8 Å². The molecule has 8 nitrogen and oxygen atoms in total. The molecule has 0 aromatic carbocycles. The minimum Gasteiger partial charge on any atom is -0.337 e. The van der Waals surface area contributed by atoms with Crippen LogP contribution in [0.3, 0.4) is 0 Å². The summed E-state index contributed by atoms with van der Waals surface area (Å²) in [5.41, 5.74) is 5.98. The topological polar surface area (TPSA) is 82.5 Å². The lowest BCUT2D eigenvalue weighted by Crippen LogP contribution is -2.52. The molecule has 0 spiro atoms. The zero-order chi connectivity index (χ0) is 14.1. The monoisotopic (exact) mass is 278 g/mol. The first-order chi connectivity index (χ1) is 9.72. The quantitative estimate of drug-likeness (QED) is 0.848. The molecule has 2 amide bonds. The van der Waals surface area contributed by atoms with Crippen molar-refractivity contribution in [2.75, 3.05) is 25.1 Å². The number of hydrogen-bond donors (Lipinski definition) is 2. The summed E-state index contributed by atoms with van der Waals surface area (Å²) in [5, 5.41) is 1.46. The van der Waals surface area contributed by atoms with Gasteiger partial charge in [-0.25, -0.2) is 19.4 Å². The summed E-state index contributed by atoms with van der Waals surface area (Å²) in [6, 6.07) is -0.228. The van der Waals surface area contributed by atoms with Crippen LogP contribution in [0.1, 0.15) is 36.7 Å². The van der Waals surface area contributed by atoms with E-state index < -0.39 is 0 Å². The minimum atomic E-state index is -0.228. The zero-order valence-electron chi connectivity index (χ0n) is 11.4. The zero-order valence-corrected chi connectivity index (χ0v) is 11.4. The molecule has 3 heterocycles. The Morgan fingerprint density at radius 1 is 1.40 bits per heavy atom. The number of likely N-dealkylation sites (tertiary alicyclic amines) is 1. The highest BCUT2D eigenvalue weighted by Crippen LogP contribution is 2.21. The normalized spacial score (nSPS) is 18.1. The van der Waals surface area contributed by atoms with E-state index in [1.54, 1.807) is 4.90 Å². The molecule has 0 unspecified atom stereocenters. The van der Waals surface area contributed by atoms with E-state index in [0.717, 1.165) is 32.4 Å². The van der Waals surface area contributed by atoms with Gasteiger partial charge in [-0.15, -0.1) is 5.53 Å². The van der Waals surface area contributed by atoms with Crippen molar-refractivity contribution < 1.29 is 9.59 Å². The van der Waals surface area contributed by atoms with Gasteiger partial charge in [0.25, 0.3) is 5.91 Å². The number of carbonyl (C=O) groups excluding carboxylic acids is 2. The van der Waals surface area contributed by atoms with Gasteiger partial charge in [0, 0.05) is 19.6 Å². The van der Waals surface area contributed by atoms with E-state index in [9.17, 15) is 9.59 Å². The Morgan fingerprint density at radius 2 is 2.15 bits per heavy atom. The fourth-order valence-corrected chi connectivity index (χ4v) is 2.51. The maximum Gasteiger partial charge on any atom is 0.346 e. The molecule has 2 aliphatic rings. The van der Waals surface area contributed by atoms with Gasteiger partial charge in [-0.1, -0.05) is 6.92 Å². The minimum absolute atomic E-state index is 0.123. The molecule has 0 saturated carbocycles. The third-order valence-corrected chi connectivity index (χ3v) is 3.56. The number of nitrogens with one attached hydrogen (secondary N) is 2. The Morgan fingerprint density at radius 3 is 2.85 bits per heavy atom. The highest BCUT2D eigenvalue weighted by molar-refractivity contribution is 5.99. The molecule has 0 radical (unpaired) electrons. The number of amides is 2. The maximum atomic E-state index is 12.4. The standard InChI is InChI=1S/C12H18N6O2/c1-2-5-18-12(20)17-8-13-9(10(17)14-15-18)11(19)16-6-3-4-7-16/h8,14-15H,2-7H2,1H3. The molecule has 8 heteroatoms. The number of aromatic nitrogens is 2. The lowest BCUT2D eigenvalue weighted by atomic mass is 10.3. The summed E-state index contributed by atoms with van der Waals surface area (Å²) in [6.07, 6.45) is 4.29. The van der Waals surface area contributed by atoms with E-state index in [2.05, 4.69) is 15.9 Å². The fourth-order valence-electron chi connectivity index (χ4n) is 2.51. The van der Waals surface area contributed by atoms with Crippen molar-refractivity contribution in [3.63, 3.8) is 0 Å². The van der Waals surface area contributed by atoms with Crippen LogP contribution >= 0.6 is 0 Å². The van der Waals surface area contributed by atoms with Gasteiger partial charge in [-0.2, -0.15) is 0 Å². The van der Waals surface area contributed by atoms with Crippen LogP contribution in [-0.2, 0) is 0 Å². The van der Waals surface area contributed by atoms with Gasteiger partial charge in [-0.3, -0.25) is 10.2 Å². The third-order valence-electron chi connectivity index (χ3n) is 3.56. The van der Waals surface area contributed by atoms with Crippen LogP contribution in [-0.4, -0.2) is 51.0 Å². The molecule has 1 saturated heterocycles. The third kappa shape index (κ3) is 2.01. The molecule has 0 aliphatic carbocycles. The Kier molecular flexibility index (Phi) is 3.31. The maximum absolute atomic E-state index is 12.4. The van der Waals surface area contributed by atoms with Gasteiger partial charge >= 0.3 is 6.03 Å². The lowest BCUT2D eigenvalue weighted by molar-refractivity contribution is 0.0788. The van der Waals surface area contributed by atoms with Crippen LogP contribution in [0.15, 0.2) is 6.33 Å². The van der Waals surface area contributed by atoms with Crippen molar-refractivity contribution in [1.29, 1.82) is 0 Å². The first-order valence-electron chi connectivity index (χ1n) is 6.92. The molecule has 1 aromatic rings. The van der Waals surface area contributed by atoms with Crippen LogP contribution in [0, 0.1) is 0 Å². The summed E-state index contributed by atoms with van der Waals surface area (Å²) in [6.45, 7) is 4.09. The number of imidazole rings is 1. The van der Waals surface area contributed by atoms with E-state index in [1.165, 1.54) is 15.9 Å². The Labute approximate surface area is 116 Å². The van der Waals surface area contributed by atoms with Gasteiger partial charge in [0.05, 0.1) is 0 Å². The van der Waals surface area contributed by atoms with E-state index in [0.29, 0.717) is 18.1 Å². The number of carbonyl (C=O) groups is 2. The number of fused-ring (bicyclic) bond motifs is 1. The second-order valence-corrected chi connectivity index (χ2v) is 4.98. The van der Waals surface area contributed by atoms with Crippen molar-refractivity contribution in [2.24, 2.45) is 0 Å². The summed E-state index contributed by atoms with van der Waals surface area (Å²) < 4.78 is 1.37. The van der Waals surface area contributed by atoms with E-state index in [4.69, 9.17) is 0 Å². The van der Waals surface area contributed by atoms with Crippen molar-refractivity contribution in [1.82, 2.24) is 25.0 Å². The second kappa shape index (κ2) is 5.12. The van der Waals surface area contributed by atoms with Crippen LogP contribution in [0.25, 0.3) is 0 Å². The molecule has 1 fully saturated rings. The Hall–Kier alpha value is -2.09. The second-order valence-electron chi connectivity index (χ2n) is 4.98. The number of hydrazine groups is 2. The molecule has 2 N–H and O–H groups in total. The average molecular weight is 278 g/mol. The highest BCUT2D eigenvalue weighted by Gasteiger charge is 2.31. The van der Waals surface area contributed by atoms with Crippen molar-refractivity contribution in [3.8, 4) is 0 Å². The smallest absolute Gasteiger partial charge is 0.337 e. The number of hydrogen-bond acceptors (Lipinski definition) is 5. The van der Waals surface area contributed by atoms with Gasteiger partial charge < -0.3 is 4.90 Å². The molecule has 3 rings (SSSR count). The van der Waals surface area contributed by atoms with Crippen LogP contribution < -0.4 is 11.0 Å². The molecule has 20 heavy (non-hydrogen) atoms. The summed E-state index contributed by atoms with van der Waals surface area (Å²) in [4.78, 5) is 30.4. The predicted molar refractivity (Wildman–Crippen MR) is 71.9 cm³/mol. The predicted octanol–water partition coefficient (Wildman–Crippen LogP) is 0.644. The summed E-state index contributed by atoms with van der Waals surface area (Å²) >= 11 is 0. The van der Waals surface area contributed by atoms with Gasteiger partial charge in [0.1, 0.15) is 6.33 Å². The van der Waals surface area contributed by atoms with Gasteiger partial charge in [0.2, 0.25) is 0 Å². The van der Waals surface area contributed by atoms with Crippen molar-refractivity contribution in [2.45, 2.75) is 26.2 Å².